The second kappa shape index (κ2) is 8.69. The number of benzene rings is 2. The van der Waals surface area contributed by atoms with E-state index in [0.717, 1.165) is 16.5 Å². The molecule has 1 amide bonds. The molecule has 0 spiro atoms. The van der Waals surface area contributed by atoms with Crippen molar-refractivity contribution >= 4 is 33.8 Å². The van der Waals surface area contributed by atoms with Crippen molar-refractivity contribution in [2.45, 2.75) is 33.1 Å². The molecule has 2 aromatic heterocycles. The van der Waals surface area contributed by atoms with Gasteiger partial charge in [-0.25, -0.2) is 9.18 Å². The fourth-order valence-electron chi connectivity index (χ4n) is 4.88. The van der Waals surface area contributed by atoms with E-state index in [1.54, 1.807) is 37.1 Å². The lowest BCUT2D eigenvalue weighted by Gasteiger charge is -2.32. The standard InChI is InChI=1S/C27H24FNO6/c1-14-19-11-21-22(16-3-5-18(28)6-4-16)13-34-24(21)15(2)25(19)35-27(33)20(14)12-23(30)29-9-7-17(8-10-29)26(31)32/h3-6,11,13,17H,7-10,12H2,1-2H3,(H,31,32)/p-1. The van der Waals surface area contributed by atoms with Gasteiger partial charge in [-0.1, -0.05) is 12.1 Å². The second-order valence-corrected chi connectivity index (χ2v) is 9.06. The lowest BCUT2D eigenvalue weighted by molar-refractivity contribution is -0.312. The molecular formula is C27H23FNO6-. The zero-order valence-electron chi connectivity index (χ0n) is 19.4. The van der Waals surface area contributed by atoms with Gasteiger partial charge in [-0.3, -0.25) is 4.79 Å². The molecular weight excluding hydrogens is 453 g/mol. The average molecular weight is 476 g/mol. The number of nitrogens with zero attached hydrogens (tertiary/aromatic N) is 1. The maximum atomic E-state index is 13.4. The van der Waals surface area contributed by atoms with Crippen molar-refractivity contribution < 1.29 is 27.9 Å². The zero-order chi connectivity index (χ0) is 24.9. The van der Waals surface area contributed by atoms with Gasteiger partial charge in [0.2, 0.25) is 5.91 Å². The highest BCUT2D eigenvalue weighted by Gasteiger charge is 2.26. The lowest BCUT2D eigenvalue weighted by Crippen LogP contribution is -2.44. The van der Waals surface area contributed by atoms with Crippen LogP contribution in [0.25, 0.3) is 33.1 Å². The molecule has 0 aliphatic carbocycles. The number of likely N-dealkylation sites (tertiary alicyclic amines) is 1. The minimum absolute atomic E-state index is 0.132. The Bertz CT molecular complexity index is 1520. The highest BCUT2D eigenvalue weighted by atomic mass is 19.1. The van der Waals surface area contributed by atoms with Gasteiger partial charge in [0.15, 0.2) is 0 Å². The summed E-state index contributed by atoms with van der Waals surface area (Å²) in [5, 5.41) is 12.6. The quantitative estimate of drug-likeness (QED) is 0.418. The SMILES string of the molecule is Cc1c(CC(=O)N2CCC(C(=O)[O-])CC2)c(=O)oc2c(C)c3occ(-c4ccc(F)cc4)c3cc12. The number of piperidine rings is 1. The van der Waals surface area contributed by atoms with E-state index < -0.39 is 17.5 Å². The maximum absolute atomic E-state index is 13.4. The van der Waals surface area contributed by atoms with E-state index in [0.29, 0.717) is 53.6 Å². The van der Waals surface area contributed by atoms with Crippen molar-refractivity contribution in [3.8, 4) is 11.1 Å². The van der Waals surface area contributed by atoms with Crippen LogP contribution < -0.4 is 10.7 Å². The predicted molar refractivity (Wildman–Crippen MR) is 125 cm³/mol. The lowest BCUT2D eigenvalue weighted by atomic mass is 9.95. The molecule has 0 bridgehead atoms. The van der Waals surface area contributed by atoms with Crippen molar-refractivity contribution in [3.63, 3.8) is 0 Å². The third-order valence-electron chi connectivity index (χ3n) is 7.01. The number of hydrogen-bond donors (Lipinski definition) is 0. The Morgan fingerprint density at radius 1 is 1.06 bits per heavy atom. The monoisotopic (exact) mass is 476 g/mol. The molecule has 8 heteroatoms. The zero-order valence-corrected chi connectivity index (χ0v) is 19.4. The van der Waals surface area contributed by atoms with E-state index in [1.807, 2.05) is 6.07 Å². The number of halogens is 1. The number of carboxylic acids is 1. The first-order chi connectivity index (χ1) is 16.7. The van der Waals surface area contributed by atoms with Gasteiger partial charge >= 0.3 is 5.63 Å². The largest absolute Gasteiger partial charge is 0.550 e. The van der Waals surface area contributed by atoms with Crippen LogP contribution in [0, 0.1) is 25.6 Å². The first-order valence-corrected chi connectivity index (χ1v) is 11.5. The third-order valence-corrected chi connectivity index (χ3v) is 7.01. The number of amides is 1. The number of hydrogen-bond acceptors (Lipinski definition) is 6. The summed E-state index contributed by atoms with van der Waals surface area (Å²) in [6.45, 7) is 4.21. The van der Waals surface area contributed by atoms with Crippen LogP contribution >= 0.6 is 0 Å². The number of furan rings is 1. The van der Waals surface area contributed by atoms with Crippen LogP contribution in [0.1, 0.15) is 29.5 Å². The molecule has 1 aliphatic rings. The summed E-state index contributed by atoms with van der Waals surface area (Å²) >= 11 is 0. The number of carbonyl (C=O) groups excluding carboxylic acids is 2. The molecule has 0 N–H and O–H groups in total. The second-order valence-electron chi connectivity index (χ2n) is 9.06. The van der Waals surface area contributed by atoms with Gasteiger partial charge in [-0.15, -0.1) is 0 Å². The third kappa shape index (κ3) is 3.99. The highest BCUT2D eigenvalue weighted by Crippen LogP contribution is 2.37. The molecule has 1 saturated heterocycles. The molecule has 2 aromatic carbocycles. The molecule has 35 heavy (non-hydrogen) atoms. The van der Waals surface area contributed by atoms with Crippen LogP contribution in [-0.2, 0) is 16.0 Å². The maximum Gasteiger partial charge on any atom is 0.340 e. The first kappa shape index (κ1) is 22.8. The van der Waals surface area contributed by atoms with Crippen LogP contribution in [0.4, 0.5) is 4.39 Å². The molecule has 0 radical (unpaired) electrons. The predicted octanol–water partition coefficient (Wildman–Crippen LogP) is 3.49. The number of aryl methyl sites for hydroxylation is 2. The number of fused-ring (bicyclic) bond motifs is 2. The molecule has 3 heterocycles. The van der Waals surface area contributed by atoms with Crippen LogP contribution in [0.15, 0.2) is 50.2 Å². The van der Waals surface area contributed by atoms with Gasteiger partial charge in [0.1, 0.15) is 17.0 Å². The average Bonchev–Trinajstić information content (AvgIpc) is 3.27. The summed E-state index contributed by atoms with van der Waals surface area (Å²) < 4.78 is 24.9. The van der Waals surface area contributed by atoms with Crippen molar-refractivity contribution in [2.24, 2.45) is 5.92 Å². The first-order valence-electron chi connectivity index (χ1n) is 11.5. The molecule has 7 nitrogen and oxygen atoms in total. The molecule has 4 aromatic rings. The number of carboxylic acid groups (broad SMARTS) is 1. The van der Waals surface area contributed by atoms with Crippen LogP contribution in [0.3, 0.4) is 0 Å². The highest BCUT2D eigenvalue weighted by molar-refractivity contribution is 6.05. The summed E-state index contributed by atoms with van der Waals surface area (Å²) in [6.07, 6.45) is 2.14. The molecule has 0 saturated carbocycles. The van der Waals surface area contributed by atoms with Gasteiger partial charge in [-0.05, 0) is 56.0 Å². The van der Waals surface area contributed by atoms with Crippen molar-refractivity contribution in [1.29, 1.82) is 0 Å². The smallest absolute Gasteiger partial charge is 0.340 e. The number of carbonyl (C=O) groups is 2. The number of rotatable bonds is 4. The summed E-state index contributed by atoms with van der Waals surface area (Å²) in [5.74, 6) is -2.23. The van der Waals surface area contributed by atoms with Gasteiger partial charge < -0.3 is 23.6 Å². The number of aliphatic carboxylic acids is 1. The Morgan fingerprint density at radius 2 is 1.74 bits per heavy atom. The summed E-state index contributed by atoms with van der Waals surface area (Å²) in [7, 11) is 0. The minimum Gasteiger partial charge on any atom is -0.550 e. The van der Waals surface area contributed by atoms with E-state index >= 15 is 0 Å². The van der Waals surface area contributed by atoms with Crippen molar-refractivity contribution in [1.82, 2.24) is 4.90 Å². The van der Waals surface area contributed by atoms with Crippen LogP contribution in [0.5, 0.6) is 0 Å². The fraction of sp³-hybridized carbons (Fsp3) is 0.296. The Balaban J connectivity index is 1.53. The summed E-state index contributed by atoms with van der Waals surface area (Å²) in [6, 6.07) is 7.98. The molecule has 1 aliphatic heterocycles. The van der Waals surface area contributed by atoms with Gasteiger partial charge in [0.05, 0.1) is 18.2 Å². The van der Waals surface area contributed by atoms with E-state index in [1.165, 1.54) is 12.1 Å². The molecule has 5 rings (SSSR count). The Hall–Kier alpha value is -3.94. The van der Waals surface area contributed by atoms with E-state index in [2.05, 4.69) is 0 Å². The molecule has 1 fully saturated rings. The van der Waals surface area contributed by atoms with Crippen molar-refractivity contribution in [3.05, 3.63) is 69.5 Å². The molecule has 0 atom stereocenters. The molecule has 0 unspecified atom stereocenters. The van der Waals surface area contributed by atoms with Crippen LogP contribution in [-0.4, -0.2) is 29.9 Å². The van der Waals surface area contributed by atoms with Gasteiger partial charge in [0.25, 0.3) is 0 Å². The summed E-state index contributed by atoms with van der Waals surface area (Å²) in [4.78, 5) is 38.5. The Labute approximate surface area is 199 Å². The normalized spacial score (nSPS) is 14.7. The Morgan fingerprint density at radius 3 is 2.40 bits per heavy atom. The van der Waals surface area contributed by atoms with Crippen LogP contribution in [0.2, 0.25) is 0 Å². The van der Waals surface area contributed by atoms with Gasteiger partial charge in [-0.2, -0.15) is 0 Å². The topological polar surface area (TPSA) is 104 Å². The Kier molecular flexibility index (Phi) is 5.67. The van der Waals surface area contributed by atoms with E-state index in [9.17, 15) is 23.9 Å². The van der Waals surface area contributed by atoms with E-state index in [4.69, 9.17) is 8.83 Å². The molecule has 180 valence electrons. The van der Waals surface area contributed by atoms with Gasteiger partial charge in [0, 0.05) is 46.9 Å². The summed E-state index contributed by atoms with van der Waals surface area (Å²) in [5.41, 5.74) is 3.53. The fourth-order valence-corrected chi connectivity index (χ4v) is 4.88. The minimum atomic E-state index is -1.09. The van der Waals surface area contributed by atoms with E-state index in [-0.39, 0.29) is 23.7 Å². The van der Waals surface area contributed by atoms with Crippen molar-refractivity contribution in [2.75, 3.05) is 13.1 Å².